The minimum absolute atomic E-state index is 0.179. The van der Waals surface area contributed by atoms with Gasteiger partial charge in [0.15, 0.2) is 0 Å². The van der Waals surface area contributed by atoms with E-state index in [1.54, 1.807) is 4.90 Å². The molecule has 4 heteroatoms. The Morgan fingerprint density at radius 1 is 1.54 bits per heavy atom. The zero-order chi connectivity index (χ0) is 10.1. The second kappa shape index (κ2) is 3.70. The number of halogens is 2. The van der Waals surface area contributed by atoms with Gasteiger partial charge in [0, 0.05) is 24.9 Å². The lowest BCUT2D eigenvalue weighted by atomic mass is 9.83. The molecule has 2 nitrogen and oxygen atoms in total. The van der Waals surface area contributed by atoms with Crippen LogP contribution in [0.1, 0.15) is 20.3 Å². The van der Waals surface area contributed by atoms with Crippen LogP contribution in [0.15, 0.2) is 0 Å². The molecule has 0 radical (unpaired) electrons. The van der Waals surface area contributed by atoms with E-state index in [0.717, 1.165) is 0 Å². The minimum atomic E-state index is -2.30. The summed E-state index contributed by atoms with van der Waals surface area (Å²) in [4.78, 5) is 13.0. The SMILES string of the molecule is CC1(C)CN(CC(F)F)CCC1=O. The maximum atomic E-state index is 12.0. The van der Waals surface area contributed by atoms with Crippen molar-refractivity contribution in [2.75, 3.05) is 19.6 Å². The molecule has 0 spiro atoms. The van der Waals surface area contributed by atoms with E-state index in [-0.39, 0.29) is 12.3 Å². The van der Waals surface area contributed by atoms with E-state index < -0.39 is 11.8 Å². The van der Waals surface area contributed by atoms with Crippen LogP contribution < -0.4 is 0 Å². The van der Waals surface area contributed by atoms with Crippen LogP contribution in [0.4, 0.5) is 8.78 Å². The zero-order valence-electron chi connectivity index (χ0n) is 8.02. The van der Waals surface area contributed by atoms with E-state index in [4.69, 9.17) is 0 Å². The summed E-state index contributed by atoms with van der Waals surface area (Å²) in [6.45, 7) is 4.35. The van der Waals surface area contributed by atoms with Gasteiger partial charge in [-0.2, -0.15) is 0 Å². The molecule has 0 aliphatic carbocycles. The fourth-order valence-electron chi connectivity index (χ4n) is 1.68. The van der Waals surface area contributed by atoms with Gasteiger partial charge in [-0.3, -0.25) is 9.69 Å². The molecule has 0 atom stereocenters. The highest BCUT2D eigenvalue weighted by molar-refractivity contribution is 5.85. The fourth-order valence-corrected chi connectivity index (χ4v) is 1.68. The standard InChI is InChI=1S/C9H15F2NO/c1-9(2)6-12(5-8(10)11)4-3-7(9)13/h8H,3-6H2,1-2H3. The quantitative estimate of drug-likeness (QED) is 0.660. The molecule has 1 heterocycles. The summed E-state index contributed by atoms with van der Waals surface area (Å²) in [7, 11) is 0. The number of hydrogen-bond acceptors (Lipinski definition) is 2. The van der Waals surface area contributed by atoms with Crippen molar-refractivity contribution in [1.29, 1.82) is 0 Å². The minimum Gasteiger partial charge on any atom is -0.299 e. The Hall–Kier alpha value is -0.510. The molecule has 1 saturated heterocycles. The second-order valence-corrected chi connectivity index (χ2v) is 4.18. The molecule has 0 bridgehead atoms. The van der Waals surface area contributed by atoms with Crippen molar-refractivity contribution in [2.24, 2.45) is 5.41 Å². The van der Waals surface area contributed by atoms with Crippen molar-refractivity contribution >= 4 is 5.78 Å². The number of likely N-dealkylation sites (tertiary alicyclic amines) is 1. The smallest absolute Gasteiger partial charge is 0.251 e. The van der Waals surface area contributed by atoms with Crippen molar-refractivity contribution in [2.45, 2.75) is 26.7 Å². The molecule has 76 valence electrons. The number of piperidine rings is 1. The molecule has 0 saturated carbocycles. The Morgan fingerprint density at radius 3 is 2.62 bits per heavy atom. The summed E-state index contributed by atoms with van der Waals surface area (Å²) in [5, 5.41) is 0. The van der Waals surface area contributed by atoms with Gasteiger partial charge in [0.05, 0.1) is 6.54 Å². The van der Waals surface area contributed by atoms with Crippen LogP contribution in [0.5, 0.6) is 0 Å². The molecule has 0 N–H and O–H groups in total. The summed E-state index contributed by atoms with van der Waals surface area (Å²) < 4.78 is 24.1. The highest BCUT2D eigenvalue weighted by Gasteiger charge is 2.34. The first-order chi connectivity index (χ1) is 5.92. The number of carbonyl (C=O) groups is 1. The summed E-state index contributed by atoms with van der Waals surface area (Å²) in [6.07, 6.45) is -1.90. The molecule has 0 amide bonds. The van der Waals surface area contributed by atoms with Crippen LogP contribution >= 0.6 is 0 Å². The van der Waals surface area contributed by atoms with Crippen molar-refractivity contribution in [3.05, 3.63) is 0 Å². The molecular weight excluding hydrogens is 176 g/mol. The summed E-state index contributed by atoms with van der Waals surface area (Å²) >= 11 is 0. The zero-order valence-corrected chi connectivity index (χ0v) is 8.02. The van der Waals surface area contributed by atoms with E-state index in [0.29, 0.717) is 19.5 Å². The maximum Gasteiger partial charge on any atom is 0.251 e. The molecule has 0 aromatic heterocycles. The van der Waals surface area contributed by atoms with Crippen molar-refractivity contribution < 1.29 is 13.6 Å². The molecule has 13 heavy (non-hydrogen) atoms. The number of nitrogens with zero attached hydrogens (tertiary/aromatic N) is 1. The Balaban J connectivity index is 2.51. The molecule has 1 fully saturated rings. The van der Waals surface area contributed by atoms with Gasteiger partial charge in [0.1, 0.15) is 5.78 Å². The first-order valence-corrected chi connectivity index (χ1v) is 4.45. The Bertz CT molecular complexity index is 204. The largest absolute Gasteiger partial charge is 0.299 e. The fraction of sp³-hybridized carbons (Fsp3) is 0.889. The van der Waals surface area contributed by atoms with Gasteiger partial charge < -0.3 is 0 Å². The first kappa shape index (κ1) is 10.6. The van der Waals surface area contributed by atoms with Gasteiger partial charge in [-0.05, 0) is 0 Å². The van der Waals surface area contributed by atoms with E-state index in [2.05, 4.69) is 0 Å². The monoisotopic (exact) mass is 191 g/mol. The number of hydrogen-bond donors (Lipinski definition) is 0. The van der Waals surface area contributed by atoms with Crippen molar-refractivity contribution in [3.8, 4) is 0 Å². The van der Waals surface area contributed by atoms with Gasteiger partial charge in [-0.25, -0.2) is 8.78 Å². The molecule has 0 unspecified atom stereocenters. The van der Waals surface area contributed by atoms with Crippen LogP contribution in [-0.2, 0) is 4.79 Å². The van der Waals surface area contributed by atoms with E-state index in [1.165, 1.54) is 0 Å². The molecule has 0 aromatic rings. The Labute approximate surface area is 76.9 Å². The van der Waals surface area contributed by atoms with E-state index >= 15 is 0 Å². The average molecular weight is 191 g/mol. The number of Topliss-reactive ketones (excluding diaryl/α,β-unsaturated/α-hetero) is 1. The van der Waals surface area contributed by atoms with Crippen LogP contribution in [0, 0.1) is 5.41 Å². The van der Waals surface area contributed by atoms with Crippen molar-refractivity contribution in [3.63, 3.8) is 0 Å². The highest BCUT2D eigenvalue weighted by Crippen LogP contribution is 2.25. The molecule has 1 rings (SSSR count). The van der Waals surface area contributed by atoms with E-state index in [9.17, 15) is 13.6 Å². The van der Waals surface area contributed by atoms with Crippen LogP contribution in [0.25, 0.3) is 0 Å². The van der Waals surface area contributed by atoms with Gasteiger partial charge in [-0.15, -0.1) is 0 Å². The van der Waals surface area contributed by atoms with E-state index in [1.807, 2.05) is 13.8 Å². The first-order valence-electron chi connectivity index (χ1n) is 4.45. The summed E-state index contributed by atoms with van der Waals surface area (Å²) in [6, 6.07) is 0. The Morgan fingerprint density at radius 2 is 2.15 bits per heavy atom. The lowest BCUT2D eigenvalue weighted by Gasteiger charge is -2.36. The number of rotatable bonds is 2. The third-order valence-corrected chi connectivity index (χ3v) is 2.43. The maximum absolute atomic E-state index is 12.0. The van der Waals surface area contributed by atoms with Gasteiger partial charge in [-0.1, -0.05) is 13.8 Å². The van der Waals surface area contributed by atoms with Crippen molar-refractivity contribution in [1.82, 2.24) is 4.90 Å². The van der Waals surface area contributed by atoms with Gasteiger partial charge >= 0.3 is 0 Å². The highest BCUT2D eigenvalue weighted by atomic mass is 19.3. The molecule has 1 aliphatic heterocycles. The average Bonchev–Trinajstić information content (AvgIpc) is 1.95. The second-order valence-electron chi connectivity index (χ2n) is 4.18. The third kappa shape index (κ3) is 2.72. The lowest BCUT2D eigenvalue weighted by molar-refractivity contribution is -0.132. The normalized spacial score (nSPS) is 23.9. The molecule has 1 aliphatic rings. The van der Waals surface area contributed by atoms with Gasteiger partial charge in [0.2, 0.25) is 0 Å². The molecular formula is C9H15F2NO. The number of carbonyl (C=O) groups excluding carboxylic acids is 1. The third-order valence-electron chi connectivity index (χ3n) is 2.43. The number of ketones is 1. The summed E-state index contributed by atoms with van der Waals surface area (Å²) in [5.74, 6) is 0.179. The summed E-state index contributed by atoms with van der Waals surface area (Å²) in [5.41, 5.74) is -0.451. The van der Waals surface area contributed by atoms with Gasteiger partial charge in [0.25, 0.3) is 6.43 Å². The predicted molar refractivity (Wildman–Crippen MR) is 45.8 cm³/mol. The molecule has 0 aromatic carbocycles. The number of alkyl halides is 2. The van der Waals surface area contributed by atoms with Crippen LogP contribution in [0.3, 0.4) is 0 Å². The Kier molecular flexibility index (Phi) is 3.01. The van der Waals surface area contributed by atoms with Crippen LogP contribution in [0.2, 0.25) is 0 Å². The van der Waals surface area contributed by atoms with Crippen LogP contribution in [-0.4, -0.2) is 36.7 Å². The topological polar surface area (TPSA) is 20.3 Å². The lowest BCUT2D eigenvalue weighted by Crippen LogP contribution is -2.47. The predicted octanol–water partition coefficient (Wildman–Crippen LogP) is 1.55.